The summed E-state index contributed by atoms with van der Waals surface area (Å²) in [6, 6.07) is 10.0. The predicted octanol–water partition coefficient (Wildman–Crippen LogP) is 0.586. The number of hydrogen-bond acceptors (Lipinski definition) is 7. The Morgan fingerprint density at radius 2 is 2.08 bits per heavy atom. The van der Waals surface area contributed by atoms with Crippen molar-refractivity contribution in [1.82, 2.24) is 20.6 Å². The second kappa shape index (κ2) is 5.86. The summed E-state index contributed by atoms with van der Waals surface area (Å²) in [5.74, 6) is 1.29. The molecule has 2 unspecified atom stereocenters. The minimum absolute atomic E-state index is 0.177. The lowest BCUT2D eigenvalue weighted by Gasteiger charge is -2.42. The summed E-state index contributed by atoms with van der Waals surface area (Å²) in [6.45, 7) is 3.63. The van der Waals surface area contributed by atoms with E-state index in [4.69, 9.17) is 4.74 Å². The Balaban J connectivity index is 1.87. The number of hydrazone groups is 1. The molecular weight excluding hydrogens is 334 g/mol. The van der Waals surface area contributed by atoms with E-state index in [2.05, 4.69) is 16.1 Å². The van der Waals surface area contributed by atoms with Crippen molar-refractivity contribution in [2.45, 2.75) is 31.6 Å². The summed E-state index contributed by atoms with van der Waals surface area (Å²) in [5.41, 5.74) is 6.42. The van der Waals surface area contributed by atoms with E-state index in [9.17, 15) is 9.90 Å². The summed E-state index contributed by atoms with van der Waals surface area (Å²) in [5, 5.41) is 16.8. The largest absolute Gasteiger partial charge is 0.485 e. The van der Waals surface area contributed by atoms with Gasteiger partial charge in [0.1, 0.15) is 17.5 Å². The molecule has 4 rings (SSSR count). The lowest BCUT2D eigenvalue weighted by atomic mass is 9.85. The molecule has 2 aromatic rings. The van der Waals surface area contributed by atoms with Crippen LogP contribution in [-0.4, -0.2) is 39.4 Å². The Kier molecular flexibility index (Phi) is 3.74. The quantitative estimate of drug-likeness (QED) is 0.730. The van der Waals surface area contributed by atoms with E-state index in [1.807, 2.05) is 32.0 Å². The van der Waals surface area contributed by atoms with Gasteiger partial charge in [-0.2, -0.15) is 0 Å². The highest BCUT2D eigenvalue weighted by Crippen LogP contribution is 2.41. The molecule has 2 atom stereocenters. The van der Waals surface area contributed by atoms with Gasteiger partial charge in [0.2, 0.25) is 0 Å². The van der Waals surface area contributed by atoms with Crippen molar-refractivity contribution < 1.29 is 9.84 Å². The van der Waals surface area contributed by atoms with Gasteiger partial charge in [0, 0.05) is 30.4 Å². The number of nitrogens with one attached hydrogen (secondary N) is 2. The van der Waals surface area contributed by atoms with E-state index >= 15 is 0 Å². The van der Waals surface area contributed by atoms with Crippen LogP contribution in [0.5, 0.6) is 5.75 Å². The molecule has 0 bridgehead atoms. The Bertz CT molecular complexity index is 936. The fraction of sp³-hybridized carbons (Fsp3) is 0.333. The van der Waals surface area contributed by atoms with Crippen LogP contribution in [-0.2, 0) is 0 Å². The summed E-state index contributed by atoms with van der Waals surface area (Å²) in [6.07, 6.45) is 0.791. The van der Waals surface area contributed by atoms with Crippen LogP contribution in [0.4, 0.5) is 0 Å². The molecule has 1 aromatic heterocycles. The molecule has 8 heteroatoms. The fourth-order valence-electron chi connectivity index (χ4n) is 3.35. The number of aliphatic hydroxyl groups is 1. The first-order valence-electron chi connectivity index (χ1n) is 8.39. The fourth-order valence-corrected chi connectivity index (χ4v) is 3.35. The molecular formula is C18H21N5O3. The molecule has 0 saturated heterocycles. The normalized spacial score (nSPS) is 24.1. The molecule has 3 heterocycles. The van der Waals surface area contributed by atoms with Crippen LogP contribution >= 0.6 is 0 Å². The van der Waals surface area contributed by atoms with Gasteiger partial charge in [-0.25, -0.2) is 5.53 Å². The molecule has 3 N–H and O–H groups in total. The highest BCUT2D eigenvalue weighted by Gasteiger charge is 2.44. The van der Waals surface area contributed by atoms with E-state index < -0.39 is 17.7 Å². The molecule has 1 aromatic carbocycles. The first-order valence-corrected chi connectivity index (χ1v) is 8.39. The number of rotatable bonds is 2. The van der Waals surface area contributed by atoms with Crippen LogP contribution in [0.2, 0.25) is 0 Å². The van der Waals surface area contributed by atoms with Crippen LogP contribution in [0, 0.1) is 0 Å². The van der Waals surface area contributed by atoms with Gasteiger partial charge in [-0.1, -0.05) is 6.07 Å². The molecule has 26 heavy (non-hydrogen) atoms. The molecule has 0 spiro atoms. The molecule has 2 aliphatic heterocycles. The van der Waals surface area contributed by atoms with Crippen molar-refractivity contribution in [3.8, 4) is 5.75 Å². The number of nitrogens with zero attached hydrogens (tertiary/aromatic N) is 3. The Labute approximate surface area is 150 Å². The smallest absolute Gasteiger partial charge is 0.251 e. The Morgan fingerprint density at radius 3 is 2.77 bits per heavy atom. The monoisotopic (exact) mass is 355 g/mol. The zero-order chi connectivity index (χ0) is 18.5. The van der Waals surface area contributed by atoms with Crippen molar-refractivity contribution >= 4 is 5.84 Å². The van der Waals surface area contributed by atoms with E-state index in [1.165, 1.54) is 6.07 Å². The number of ether oxygens (including phenoxy) is 1. The van der Waals surface area contributed by atoms with E-state index in [0.717, 1.165) is 11.1 Å². The number of pyridine rings is 1. The van der Waals surface area contributed by atoms with Gasteiger partial charge in [-0.3, -0.25) is 10.2 Å². The molecule has 0 amide bonds. The summed E-state index contributed by atoms with van der Waals surface area (Å²) in [4.78, 5) is 12.4. The lowest BCUT2D eigenvalue weighted by Crippen LogP contribution is -2.52. The molecule has 136 valence electrons. The van der Waals surface area contributed by atoms with E-state index in [0.29, 0.717) is 11.6 Å². The van der Waals surface area contributed by atoms with Crippen molar-refractivity contribution in [2.24, 2.45) is 5.10 Å². The second-order valence-corrected chi connectivity index (χ2v) is 7.03. The third kappa shape index (κ3) is 2.63. The van der Waals surface area contributed by atoms with Gasteiger partial charge in [0.05, 0.1) is 6.04 Å². The van der Waals surface area contributed by atoms with Crippen molar-refractivity contribution in [2.75, 3.05) is 7.05 Å². The van der Waals surface area contributed by atoms with Gasteiger partial charge < -0.3 is 14.4 Å². The minimum Gasteiger partial charge on any atom is -0.485 e. The van der Waals surface area contributed by atoms with Crippen LogP contribution < -0.4 is 21.3 Å². The summed E-state index contributed by atoms with van der Waals surface area (Å²) in [7, 11) is 1.80. The number of benzene rings is 1. The number of aliphatic hydroxyl groups excluding tert-OH is 1. The third-order valence-electron chi connectivity index (χ3n) is 4.72. The van der Waals surface area contributed by atoms with Gasteiger partial charge in [0.15, 0.2) is 5.84 Å². The van der Waals surface area contributed by atoms with E-state index in [-0.39, 0.29) is 5.56 Å². The summed E-state index contributed by atoms with van der Waals surface area (Å²) >= 11 is 0. The van der Waals surface area contributed by atoms with Gasteiger partial charge >= 0.3 is 0 Å². The average Bonchev–Trinajstić information content (AvgIpc) is 3.03. The molecule has 2 aliphatic rings. The highest BCUT2D eigenvalue weighted by atomic mass is 16.5. The summed E-state index contributed by atoms with van der Waals surface area (Å²) < 4.78 is 7.56. The highest BCUT2D eigenvalue weighted by molar-refractivity contribution is 5.99. The van der Waals surface area contributed by atoms with Crippen LogP contribution in [0.25, 0.3) is 0 Å². The van der Waals surface area contributed by atoms with Crippen LogP contribution in [0.15, 0.2) is 52.5 Å². The predicted molar refractivity (Wildman–Crippen MR) is 96.6 cm³/mol. The Morgan fingerprint density at radius 1 is 1.27 bits per heavy atom. The number of hydrogen-bond donors (Lipinski definition) is 3. The minimum atomic E-state index is -0.898. The first-order chi connectivity index (χ1) is 12.4. The maximum atomic E-state index is 12.4. The zero-order valence-corrected chi connectivity index (χ0v) is 14.8. The molecule has 0 radical (unpaired) electrons. The van der Waals surface area contributed by atoms with E-state index in [1.54, 1.807) is 35.1 Å². The average molecular weight is 355 g/mol. The number of amidine groups is 1. The van der Waals surface area contributed by atoms with Crippen molar-refractivity contribution in [1.29, 1.82) is 0 Å². The van der Waals surface area contributed by atoms with Crippen LogP contribution in [0.1, 0.15) is 31.0 Å². The zero-order valence-electron chi connectivity index (χ0n) is 14.8. The SMILES string of the molecule is CN1NN=C(c2ccc3c(c2)C(n2ccccc2=O)C(O)C(C)(C)O3)N1. The Hall–Kier alpha value is -2.84. The maximum Gasteiger partial charge on any atom is 0.251 e. The van der Waals surface area contributed by atoms with Crippen LogP contribution in [0.3, 0.4) is 0 Å². The van der Waals surface area contributed by atoms with Gasteiger partial charge in [0.25, 0.3) is 5.56 Å². The molecule has 0 fully saturated rings. The van der Waals surface area contributed by atoms with Crippen molar-refractivity contribution in [3.63, 3.8) is 0 Å². The molecule has 0 saturated carbocycles. The standard InChI is InChI=1S/C18H21N5O3/c1-18(2)16(25)15(23-9-5-4-6-14(23)24)12-10-11(7-8-13(12)26-18)17-19-21-22(3)20-17/h4-10,15-16,21,25H,1-3H3,(H,19,20). The topological polar surface area (TPSA) is 91.1 Å². The second-order valence-electron chi connectivity index (χ2n) is 7.03. The number of hydrazine groups is 2. The maximum absolute atomic E-state index is 12.4. The van der Waals surface area contributed by atoms with Gasteiger partial charge in [-0.15, -0.1) is 10.2 Å². The first kappa shape index (κ1) is 16.6. The molecule has 8 nitrogen and oxygen atoms in total. The lowest BCUT2D eigenvalue weighted by molar-refractivity contribution is -0.0642. The third-order valence-corrected chi connectivity index (χ3v) is 4.72. The number of fused-ring (bicyclic) bond motifs is 1. The van der Waals surface area contributed by atoms with Gasteiger partial charge in [-0.05, 0) is 38.1 Å². The number of aromatic nitrogens is 1. The van der Waals surface area contributed by atoms with Crippen molar-refractivity contribution in [3.05, 3.63) is 64.1 Å². The molecule has 0 aliphatic carbocycles.